The predicted molar refractivity (Wildman–Crippen MR) is 54.2 cm³/mol. The SMILES string of the molecule is CCCCOC(=O)[C@@H]1C[C@@H]2C[C@@H]1[C@H]1O[C@H]21. The van der Waals surface area contributed by atoms with Crippen LogP contribution >= 0.6 is 0 Å². The van der Waals surface area contributed by atoms with Crippen molar-refractivity contribution in [3.05, 3.63) is 0 Å². The van der Waals surface area contributed by atoms with Crippen molar-refractivity contribution in [3.63, 3.8) is 0 Å². The number of carbonyl (C=O) groups excluding carboxylic acids is 1. The van der Waals surface area contributed by atoms with E-state index in [4.69, 9.17) is 9.47 Å². The Balaban J connectivity index is 1.53. The molecule has 0 spiro atoms. The summed E-state index contributed by atoms with van der Waals surface area (Å²) >= 11 is 0. The minimum atomic E-state index is 0.0323. The third kappa shape index (κ3) is 1.48. The van der Waals surface area contributed by atoms with Crippen LogP contribution in [0, 0.1) is 17.8 Å². The number of ether oxygens (including phenoxy) is 2. The summed E-state index contributed by atoms with van der Waals surface area (Å²) in [5.41, 5.74) is 0. The van der Waals surface area contributed by atoms with Gasteiger partial charge in [0.2, 0.25) is 0 Å². The minimum absolute atomic E-state index is 0.0323. The lowest BCUT2D eigenvalue weighted by molar-refractivity contribution is -0.150. The molecule has 3 fully saturated rings. The standard InChI is InChI=1S/C12H18O3/c1-2-3-4-14-12(13)9-6-7-5-8(9)11-10(7)15-11/h7-11H,2-6H2,1H3/t7-,8-,9+,10+,11+/m0/s1. The average Bonchev–Trinajstić information content (AvgIpc) is 2.84. The summed E-state index contributed by atoms with van der Waals surface area (Å²) in [5.74, 6) is 1.32. The molecule has 0 aromatic rings. The Labute approximate surface area is 90.1 Å². The summed E-state index contributed by atoms with van der Waals surface area (Å²) in [5, 5.41) is 0. The van der Waals surface area contributed by atoms with Crippen LogP contribution in [0.2, 0.25) is 0 Å². The molecule has 1 heterocycles. The summed E-state index contributed by atoms with van der Waals surface area (Å²) in [6, 6.07) is 0. The van der Waals surface area contributed by atoms with Crippen LogP contribution in [0.3, 0.4) is 0 Å². The lowest BCUT2D eigenvalue weighted by Gasteiger charge is -2.17. The van der Waals surface area contributed by atoms with Gasteiger partial charge in [-0.3, -0.25) is 4.79 Å². The monoisotopic (exact) mass is 210 g/mol. The Morgan fingerprint density at radius 1 is 1.40 bits per heavy atom. The van der Waals surface area contributed by atoms with E-state index in [0.717, 1.165) is 19.3 Å². The van der Waals surface area contributed by atoms with Gasteiger partial charge in [0.1, 0.15) is 0 Å². The van der Waals surface area contributed by atoms with Gasteiger partial charge in [0.25, 0.3) is 0 Å². The van der Waals surface area contributed by atoms with E-state index in [-0.39, 0.29) is 11.9 Å². The van der Waals surface area contributed by atoms with Crippen LogP contribution in [0.4, 0.5) is 0 Å². The van der Waals surface area contributed by atoms with Gasteiger partial charge >= 0.3 is 5.97 Å². The molecule has 0 radical (unpaired) electrons. The average molecular weight is 210 g/mol. The number of hydrogen-bond acceptors (Lipinski definition) is 3. The quantitative estimate of drug-likeness (QED) is 0.403. The number of hydrogen-bond donors (Lipinski definition) is 0. The molecule has 3 aliphatic rings. The van der Waals surface area contributed by atoms with Gasteiger partial charge in [-0.05, 0) is 25.2 Å². The van der Waals surface area contributed by atoms with Crippen molar-refractivity contribution in [1.29, 1.82) is 0 Å². The molecular formula is C12H18O3. The minimum Gasteiger partial charge on any atom is -0.465 e. The highest BCUT2D eigenvalue weighted by atomic mass is 16.6. The fourth-order valence-corrected chi connectivity index (χ4v) is 3.30. The Hall–Kier alpha value is -0.570. The molecule has 1 saturated heterocycles. The van der Waals surface area contributed by atoms with Gasteiger partial charge in [-0.1, -0.05) is 13.3 Å². The summed E-state index contributed by atoms with van der Waals surface area (Å²) in [6.07, 6.45) is 5.19. The molecule has 1 aliphatic heterocycles. The van der Waals surface area contributed by atoms with Crippen molar-refractivity contribution in [3.8, 4) is 0 Å². The van der Waals surface area contributed by atoms with Crippen molar-refractivity contribution in [2.24, 2.45) is 17.8 Å². The first-order valence-corrected chi connectivity index (χ1v) is 6.13. The largest absolute Gasteiger partial charge is 0.465 e. The zero-order valence-corrected chi connectivity index (χ0v) is 9.15. The van der Waals surface area contributed by atoms with Gasteiger partial charge in [-0.25, -0.2) is 0 Å². The van der Waals surface area contributed by atoms with Crippen LogP contribution < -0.4 is 0 Å². The smallest absolute Gasteiger partial charge is 0.309 e. The second-order valence-electron chi connectivity index (χ2n) is 5.09. The summed E-state index contributed by atoms with van der Waals surface area (Å²) in [4.78, 5) is 11.8. The molecule has 0 aromatic heterocycles. The van der Waals surface area contributed by atoms with E-state index in [1.807, 2.05) is 0 Å². The Morgan fingerprint density at radius 2 is 2.27 bits per heavy atom. The molecule has 0 aromatic carbocycles. The van der Waals surface area contributed by atoms with Crippen LogP contribution in [0.1, 0.15) is 32.6 Å². The van der Waals surface area contributed by atoms with E-state index in [1.54, 1.807) is 0 Å². The second kappa shape index (κ2) is 3.48. The van der Waals surface area contributed by atoms with Crippen molar-refractivity contribution in [1.82, 2.24) is 0 Å². The summed E-state index contributed by atoms with van der Waals surface area (Å²) in [7, 11) is 0. The van der Waals surface area contributed by atoms with Gasteiger partial charge in [-0.2, -0.15) is 0 Å². The maximum atomic E-state index is 11.8. The highest BCUT2D eigenvalue weighted by molar-refractivity contribution is 5.74. The van der Waals surface area contributed by atoms with E-state index in [2.05, 4.69) is 6.92 Å². The van der Waals surface area contributed by atoms with Gasteiger partial charge in [-0.15, -0.1) is 0 Å². The molecule has 3 rings (SSSR count). The van der Waals surface area contributed by atoms with Gasteiger partial charge in [0, 0.05) is 5.92 Å². The number of epoxide rings is 1. The molecule has 15 heavy (non-hydrogen) atoms. The highest BCUT2D eigenvalue weighted by Crippen LogP contribution is 2.58. The topological polar surface area (TPSA) is 38.8 Å². The van der Waals surface area contributed by atoms with Gasteiger partial charge in [0.05, 0.1) is 24.7 Å². The molecular weight excluding hydrogens is 192 g/mol. The molecule has 3 heteroatoms. The van der Waals surface area contributed by atoms with Crippen molar-refractivity contribution < 1.29 is 14.3 Å². The Kier molecular flexibility index (Phi) is 2.23. The second-order valence-corrected chi connectivity index (χ2v) is 5.09. The summed E-state index contributed by atoms with van der Waals surface area (Å²) < 4.78 is 10.8. The van der Waals surface area contributed by atoms with E-state index < -0.39 is 0 Å². The maximum absolute atomic E-state index is 11.8. The normalized spacial score (nSPS) is 45.3. The number of rotatable bonds is 4. The lowest BCUT2D eigenvalue weighted by atomic mass is 9.89. The van der Waals surface area contributed by atoms with Gasteiger partial charge < -0.3 is 9.47 Å². The van der Waals surface area contributed by atoms with Crippen LogP contribution in [0.25, 0.3) is 0 Å². The number of carbonyl (C=O) groups is 1. The van der Waals surface area contributed by atoms with Crippen LogP contribution in [-0.4, -0.2) is 24.8 Å². The first-order chi connectivity index (χ1) is 7.31. The highest BCUT2D eigenvalue weighted by Gasteiger charge is 2.64. The van der Waals surface area contributed by atoms with Crippen molar-refractivity contribution in [2.45, 2.75) is 44.8 Å². The van der Waals surface area contributed by atoms with E-state index >= 15 is 0 Å². The third-order valence-corrected chi connectivity index (χ3v) is 4.14. The lowest BCUT2D eigenvalue weighted by Crippen LogP contribution is -2.27. The predicted octanol–water partition coefficient (Wildman–Crippen LogP) is 1.75. The van der Waals surface area contributed by atoms with Crippen LogP contribution in [0.5, 0.6) is 0 Å². The molecule has 2 bridgehead atoms. The molecule has 0 unspecified atom stereocenters. The van der Waals surface area contributed by atoms with Crippen LogP contribution in [-0.2, 0) is 14.3 Å². The molecule has 84 valence electrons. The zero-order valence-electron chi connectivity index (χ0n) is 9.15. The molecule has 5 atom stereocenters. The fraction of sp³-hybridized carbons (Fsp3) is 0.917. The van der Waals surface area contributed by atoms with Crippen LogP contribution in [0.15, 0.2) is 0 Å². The Bertz CT molecular complexity index is 276. The molecule has 0 N–H and O–H groups in total. The molecule has 0 amide bonds. The number of esters is 1. The summed E-state index contributed by atoms with van der Waals surface area (Å²) in [6.45, 7) is 2.70. The van der Waals surface area contributed by atoms with Gasteiger partial charge in [0.15, 0.2) is 0 Å². The van der Waals surface area contributed by atoms with Crippen molar-refractivity contribution >= 4 is 5.97 Å². The third-order valence-electron chi connectivity index (χ3n) is 4.14. The van der Waals surface area contributed by atoms with E-state index in [1.165, 1.54) is 6.42 Å². The molecule has 3 nitrogen and oxygen atoms in total. The van der Waals surface area contributed by atoms with E-state index in [9.17, 15) is 4.79 Å². The Morgan fingerprint density at radius 3 is 2.93 bits per heavy atom. The number of unbranched alkanes of at least 4 members (excludes halogenated alkanes) is 1. The van der Waals surface area contributed by atoms with E-state index in [0.29, 0.717) is 30.7 Å². The maximum Gasteiger partial charge on any atom is 0.309 e. The van der Waals surface area contributed by atoms with Crippen molar-refractivity contribution in [2.75, 3.05) is 6.61 Å². The zero-order chi connectivity index (χ0) is 10.4. The number of fused-ring (bicyclic) bond motifs is 5. The molecule has 2 saturated carbocycles. The molecule has 2 aliphatic carbocycles. The fourth-order valence-electron chi connectivity index (χ4n) is 3.30. The first-order valence-electron chi connectivity index (χ1n) is 6.13. The first kappa shape index (κ1) is 9.64.